The van der Waals surface area contributed by atoms with E-state index in [4.69, 9.17) is 5.73 Å². The van der Waals surface area contributed by atoms with Crippen LogP contribution in [-0.4, -0.2) is 6.54 Å². The average molecular weight is 147 g/mol. The first kappa shape index (κ1) is 16.5. The monoisotopic (exact) mass is 147 g/mol. The molecule has 0 saturated heterocycles. The van der Waals surface area contributed by atoms with Crippen LogP contribution in [0.5, 0.6) is 0 Å². The van der Waals surface area contributed by atoms with Gasteiger partial charge in [0.25, 0.3) is 0 Å². The van der Waals surface area contributed by atoms with Crippen LogP contribution in [0.25, 0.3) is 0 Å². The Hall–Kier alpha value is -0.0400. The van der Waals surface area contributed by atoms with Crippen LogP contribution in [0.1, 0.15) is 48.0 Å². The first-order valence-electron chi connectivity index (χ1n) is 4.26. The van der Waals surface area contributed by atoms with E-state index in [-0.39, 0.29) is 0 Å². The molecule has 1 heteroatoms. The molecule has 0 aliphatic carbocycles. The Labute approximate surface area is 67.0 Å². The Kier molecular flexibility index (Phi) is 38.1. The summed E-state index contributed by atoms with van der Waals surface area (Å²) in [4.78, 5) is 0. The molecule has 0 aromatic carbocycles. The van der Waals surface area contributed by atoms with Gasteiger partial charge in [0.2, 0.25) is 0 Å². The minimum absolute atomic E-state index is 0.750. The molecule has 0 heterocycles. The fourth-order valence-electron chi connectivity index (χ4n) is 0. The zero-order valence-corrected chi connectivity index (χ0v) is 8.57. The second-order valence-electron chi connectivity index (χ2n) is 2.85. The Morgan fingerprint density at radius 1 is 1.00 bits per heavy atom. The molecular formula is C9H25N. The van der Waals surface area contributed by atoms with Crippen LogP contribution >= 0.6 is 0 Å². The summed E-state index contributed by atoms with van der Waals surface area (Å²) in [5.74, 6) is 0.833. The van der Waals surface area contributed by atoms with E-state index in [1.165, 1.54) is 6.42 Å². The van der Waals surface area contributed by atoms with Crippen LogP contribution < -0.4 is 5.73 Å². The molecule has 10 heavy (non-hydrogen) atoms. The zero-order chi connectivity index (χ0) is 8.99. The molecule has 0 aromatic rings. The smallest absolute Gasteiger partial charge is 0.0106 e. The highest BCUT2D eigenvalue weighted by molar-refractivity contribution is 4.20. The van der Waals surface area contributed by atoms with Crippen molar-refractivity contribution in [1.29, 1.82) is 0 Å². The molecule has 66 valence electrons. The van der Waals surface area contributed by atoms with Crippen molar-refractivity contribution in [1.82, 2.24) is 0 Å². The number of rotatable bonds is 0. The van der Waals surface area contributed by atoms with Gasteiger partial charge in [-0.05, 0) is 12.5 Å². The molecule has 0 unspecified atom stereocenters. The highest BCUT2D eigenvalue weighted by Gasteiger charge is 1.68. The third-order valence-corrected chi connectivity index (χ3v) is 0. The molecule has 0 bridgehead atoms. The van der Waals surface area contributed by atoms with E-state index in [1.807, 2.05) is 6.92 Å². The maximum absolute atomic E-state index is 4.85. The summed E-state index contributed by atoms with van der Waals surface area (Å²) in [6.45, 7) is 13.4. The summed E-state index contributed by atoms with van der Waals surface area (Å²) in [7, 11) is 0. The van der Waals surface area contributed by atoms with Crippen molar-refractivity contribution in [3.8, 4) is 0 Å². The van der Waals surface area contributed by atoms with Gasteiger partial charge in [0.05, 0.1) is 0 Å². The predicted octanol–water partition coefficient (Wildman–Crippen LogP) is 3.04. The van der Waals surface area contributed by atoms with E-state index in [0.717, 1.165) is 12.5 Å². The zero-order valence-electron chi connectivity index (χ0n) is 8.57. The van der Waals surface area contributed by atoms with Crippen LogP contribution in [-0.2, 0) is 0 Å². The van der Waals surface area contributed by atoms with Gasteiger partial charge < -0.3 is 5.73 Å². The molecule has 0 atom stereocenters. The molecule has 2 N–H and O–H groups in total. The van der Waals surface area contributed by atoms with Gasteiger partial charge >= 0.3 is 0 Å². The summed E-state index contributed by atoms with van der Waals surface area (Å²) in [5, 5.41) is 0. The van der Waals surface area contributed by atoms with E-state index < -0.39 is 0 Å². The van der Waals surface area contributed by atoms with Gasteiger partial charge in [-0.25, -0.2) is 0 Å². The van der Waals surface area contributed by atoms with E-state index in [9.17, 15) is 0 Å². The van der Waals surface area contributed by atoms with Crippen LogP contribution in [0, 0.1) is 5.92 Å². The molecule has 1 nitrogen and oxygen atoms in total. The summed E-state index contributed by atoms with van der Waals surface area (Å²) < 4.78 is 0. The van der Waals surface area contributed by atoms with Gasteiger partial charge in [-0.15, -0.1) is 0 Å². The Morgan fingerprint density at radius 2 is 1.00 bits per heavy atom. The summed E-state index contributed by atoms with van der Waals surface area (Å²) in [6, 6.07) is 0. The van der Waals surface area contributed by atoms with Gasteiger partial charge in [-0.3, -0.25) is 0 Å². The van der Waals surface area contributed by atoms with Crippen molar-refractivity contribution in [3.63, 3.8) is 0 Å². The second-order valence-corrected chi connectivity index (χ2v) is 2.85. The summed E-state index contributed by atoms with van der Waals surface area (Å²) in [6.07, 6.45) is 1.25. The van der Waals surface area contributed by atoms with Gasteiger partial charge in [0.1, 0.15) is 0 Å². The quantitative estimate of drug-likeness (QED) is 0.560. The molecule has 0 radical (unpaired) electrons. The first-order valence-corrected chi connectivity index (χ1v) is 4.26. The number of hydrogen-bond donors (Lipinski definition) is 1. The summed E-state index contributed by atoms with van der Waals surface area (Å²) >= 11 is 0. The van der Waals surface area contributed by atoms with Crippen molar-refractivity contribution >= 4 is 0 Å². The minimum atomic E-state index is 0.750. The third kappa shape index (κ3) is 241000. The highest BCUT2D eigenvalue weighted by Crippen LogP contribution is 1.81. The first-order chi connectivity index (χ1) is 4.56. The van der Waals surface area contributed by atoms with Gasteiger partial charge in [-0.1, -0.05) is 48.0 Å². The molecule has 0 aliphatic heterocycles. The van der Waals surface area contributed by atoms with Crippen molar-refractivity contribution in [2.24, 2.45) is 11.7 Å². The van der Waals surface area contributed by atoms with Crippen LogP contribution in [0.4, 0.5) is 0 Å². The molecule has 0 aromatic heterocycles. The van der Waals surface area contributed by atoms with Crippen molar-refractivity contribution in [3.05, 3.63) is 0 Å². The fourth-order valence-corrected chi connectivity index (χ4v) is 0. The van der Waals surface area contributed by atoms with E-state index in [2.05, 4.69) is 34.6 Å². The molecular weight excluding hydrogens is 122 g/mol. The normalized spacial score (nSPS) is 7.20. The van der Waals surface area contributed by atoms with Gasteiger partial charge in [0.15, 0.2) is 0 Å². The lowest BCUT2D eigenvalue weighted by Gasteiger charge is -1.79. The van der Waals surface area contributed by atoms with Crippen LogP contribution in [0.15, 0.2) is 0 Å². The molecule has 0 amide bonds. The molecule has 0 aliphatic rings. The average Bonchev–Trinajstić information content (AvgIpc) is 1.65. The predicted molar refractivity (Wildman–Crippen MR) is 51.2 cm³/mol. The maximum Gasteiger partial charge on any atom is -0.0106 e. The van der Waals surface area contributed by atoms with Crippen molar-refractivity contribution < 1.29 is 0 Å². The fraction of sp³-hybridized carbons (Fsp3) is 1.00. The molecule has 0 rings (SSSR count). The van der Waals surface area contributed by atoms with Crippen molar-refractivity contribution in [2.75, 3.05) is 6.54 Å². The lowest BCUT2D eigenvalue weighted by molar-refractivity contribution is 0.737. The maximum atomic E-state index is 4.85. The SMILES string of the molecule is CC(C)C.CCC.CCN. The van der Waals surface area contributed by atoms with Crippen molar-refractivity contribution in [2.45, 2.75) is 48.0 Å². The number of nitrogens with two attached hydrogens (primary N) is 1. The van der Waals surface area contributed by atoms with Gasteiger partial charge in [0, 0.05) is 0 Å². The Balaban J connectivity index is -0.0000000750. The van der Waals surface area contributed by atoms with Gasteiger partial charge in [-0.2, -0.15) is 0 Å². The Bertz CT molecular complexity index is 21.2. The standard InChI is InChI=1S/C4H10.C3H8.C2H7N/c1-4(2)3;1-3-2;1-2-3/h4H,1-3H3;3H2,1-2H3;2-3H2,1H3. The van der Waals surface area contributed by atoms with E-state index in [1.54, 1.807) is 0 Å². The minimum Gasteiger partial charge on any atom is -0.331 e. The second kappa shape index (κ2) is 23.1. The topological polar surface area (TPSA) is 26.0 Å². The van der Waals surface area contributed by atoms with Crippen LogP contribution in [0.2, 0.25) is 0 Å². The van der Waals surface area contributed by atoms with E-state index >= 15 is 0 Å². The summed E-state index contributed by atoms with van der Waals surface area (Å²) in [5.41, 5.74) is 4.85. The number of hydrogen-bond acceptors (Lipinski definition) is 1. The molecule has 0 fully saturated rings. The van der Waals surface area contributed by atoms with Crippen LogP contribution in [0.3, 0.4) is 0 Å². The lowest BCUT2D eigenvalue weighted by Crippen LogP contribution is -1.87. The third-order valence-electron chi connectivity index (χ3n) is 0. The van der Waals surface area contributed by atoms with E-state index in [0.29, 0.717) is 0 Å². The highest BCUT2D eigenvalue weighted by atomic mass is 14.5. The Morgan fingerprint density at radius 3 is 1.00 bits per heavy atom. The molecule has 0 saturated carbocycles. The molecule has 0 spiro atoms. The largest absolute Gasteiger partial charge is 0.331 e. The lowest BCUT2D eigenvalue weighted by atomic mass is 10.3.